The Morgan fingerprint density at radius 2 is 1.97 bits per heavy atom. The van der Waals surface area contributed by atoms with Gasteiger partial charge in [0.25, 0.3) is 0 Å². The predicted molar refractivity (Wildman–Crippen MR) is 146 cm³/mol. The van der Waals surface area contributed by atoms with E-state index in [0.717, 1.165) is 54.8 Å². The number of imidazole rings is 1. The Morgan fingerprint density at radius 3 is 2.64 bits per heavy atom. The van der Waals surface area contributed by atoms with Crippen LogP contribution >= 0.6 is 0 Å². The molecule has 1 saturated carbocycles. The topological polar surface area (TPSA) is 80.0 Å². The van der Waals surface area contributed by atoms with Gasteiger partial charge in [-0.25, -0.2) is 9.78 Å². The maximum atomic E-state index is 12.3. The molecule has 0 radical (unpaired) electrons. The fourth-order valence-corrected chi connectivity index (χ4v) is 5.47. The number of rotatable bonds is 10. The number of oxime groups is 1. The summed E-state index contributed by atoms with van der Waals surface area (Å²) in [7, 11) is 0. The van der Waals surface area contributed by atoms with Crippen molar-refractivity contribution in [2.75, 3.05) is 13.1 Å². The van der Waals surface area contributed by atoms with Crippen LogP contribution in [0.3, 0.4) is 0 Å². The summed E-state index contributed by atoms with van der Waals surface area (Å²) in [6.07, 6.45) is 6.31. The van der Waals surface area contributed by atoms with Gasteiger partial charge in [0, 0.05) is 25.0 Å². The number of aryl methyl sites for hydroxylation is 1. The minimum absolute atomic E-state index is 0.351. The van der Waals surface area contributed by atoms with Crippen molar-refractivity contribution >= 4 is 22.8 Å². The van der Waals surface area contributed by atoms with Gasteiger partial charge in [-0.05, 0) is 88.5 Å². The minimum Gasteiger partial charge on any atom is -0.465 e. The SMILES string of the molecule is CC/C(C)=C(/ON=C(C)C)C(C)(C)CN(CC1CCCC(Cn2cnc3ccc(C)cc32)C1)C(=O)O. The number of aromatic nitrogens is 2. The number of amides is 1. The number of hydrogen-bond donors (Lipinski definition) is 1. The Balaban J connectivity index is 1.70. The summed E-state index contributed by atoms with van der Waals surface area (Å²) in [4.78, 5) is 24.3. The first-order valence-corrected chi connectivity index (χ1v) is 13.3. The van der Waals surface area contributed by atoms with E-state index in [1.807, 2.05) is 40.9 Å². The third-order valence-electron chi connectivity index (χ3n) is 7.31. The molecule has 1 amide bonds. The average Bonchev–Trinajstić information content (AvgIpc) is 3.19. The summed E-state index contributed by atoms with van der Waals surface area (Å²) in [5.41, 5.74) is 4.89. The van der Waals surface area contributed by atoms with Crippen LogP contribution in [0.1, 0.15) is 79.2 Å². The zero-order valence-electron chi connectivity index (χ0n) is 23.2. The van der Waals surface area contributed by atoms with Gasteiger partial charge >= 0.3 is 6.09 Å². The van der Waals surface area contributed by atoms with E-state index in [-0.39, 0.29) is 0 Å². The van der Waals surface area contributed by atoms with Gasteiger partial charge in [0.1, 0.15) is 5.76 Å². The van der Waals surface area contributed by atoms with Crippen molar-refractivity contribution < 1.29 is 14.7 Å². The molecule has 198 valence electrons. The maximum absolute atomic E-state index is 12.3. The molecule has 0 saturated heterocycles. The molecule has 36 heavy (non-hydrogen) atoms. The van der Waals surface area contributed by atoms with Gasteiger partial charge in [-0.1, -0.05) is 38.4 Å². The van der Waals surface area contributed by atoms with E-state index >= 15 is 0 Å². The highest BCUT2D eigenvalue weighted by atomic mass is 16.6. The lowest BCUT2D eigenvalue weighted by atomic mass is 9.80. The van der Waals surface area contributed by atoms with Crippen LogP contribution in [-0.2, 0) is 11.4 Å². The molecule has 1 aliphatic rings. The monoisotopic (exact) mass is 496 g/mol. The van der Waals surface area contributed by atoms with Crippen molar-refractivity contribution in [2.24, 2.45) is 22.4 Å². The van der Waals surface area contributed by atoms with Gasteiger partial charge in [-0.2, -0.15) is 0 Å². The smallest absolute Gasteiger partial charge is 0.407 e. The average molecular weight is 497 g/mol. The molecular formula is C29H44N4O3. The predicted octanol–water partition coefficient (Wildman–Crippen LogP) is 7.25. The highest BCUT2D eigenvalue weighted by Gasteiger charge is 2.34. The van der Waals surface area contributed by atoms with Crippen LogP contribution in [0.2, 0.25) is 0 Å². The summed E-state index contributed by atoms with van der Waals surface area (Å²) in [6.45, 7) is 16.0. The van der Waals surface area contributed by atoms with Crippen LogP contribution in [0.25, 0.3) is 11.0 Å². The van der Waals surface area contributed by atoms with Crippen molar-refractivity contribution in [1.29, 1.82) is 0 Å². The third kappa shape index (κ3) is 7.11. The van der Waals surface area contributed by atoms with E-state index in [0.29, 0.717) is 24.9 Å². The largest absolute Gasteiger partial charge is 0.465 e. The Morgan fingerprint density at radius 1 is 1.25 bits per heavy atom. The van der Waals surface area contributed by atoms with Crippen molar-refractivity contribution in [3.05, 3.63) is 41.4 Å². The van der Waals surface area contributed by atoms with E-state index < -0.39 is 11.5 Å². The quantitative estimate of drug-likeness (QED) is 0.213. The summed E-state index contributed by atoms with van der Waals surface area (Å²) >= 11 is 0. The van der Waals surface area contributed by atoms with E-state index in [2.05, 4.69) is 46.8 Å². The Labute approximate surface area is 216 Å². The first kappa shape index (κ1) is 27.8. The molecule has 2 unspecified atom stereocenters. The van der Waals surface area contributed by atoms with E-state index in [4.69, 9.17) is 4.84 Å². The lowest BCUT2D eigenvalue weighted by Gasteiger charge is -2.36. The van der Waals surface area contributed by atoms with Crippen molar-refractivity contribution in [1.82, 2.24) is 14.5 Å². The molecule has 1 fully saturated rings. The number of nitrogens with zero attached hydrogens (tertiary/aromatic N) is 4. The fourth-order valence-electron chi connectivity index (χ4n) is 5.47. The number of fused-ring (bicyclic) bond motifs is 1. The standard InChI is InChI=1S/C29H44N4O3/c1-8-22(5)27(36-31-20(2)3)29(6,7)18-32(28(34)35)16-23-10-9-11-24(15-23)17-33-19-30-25-13-12-21(4)14-26(25)33/h12-14,19,23-24H,8-11,15-18H2,1-7H3,(H,34,35)/b27-22+. The molecule has 7 nitrogen and oxygen atoms in total. The second-order valence-electron chi connectivity index (χ2n) is 11.4. The molecule has 0 aliphatic heterocycles. The van der Waals surface area contributed by atoms with Crippen molar-refractivity contribution in [2.45, 2.75) is 87.1 Å². The number of carboxylic acid groups (broad SMARTS) is 1. The molecule has 1 aromatic carbocycles. The molecule has 1 N–H and O–H groups in total. The highest BCUT2D eigenvalue weighted by Crippen LogP contribution is 2.35. The van der Waals surface area contributed by atoms with Crippen LogP contribution < -0.4 is 0 Å². The number of hydrogen-bond acceptors (Lipinski definition) is 4. The second kappa shape index (κ2) is 11.9. The first-order chi connectivity index (χ1) is 17.0. The van der Waals surface area contributed by atoms with Crippen LogP contribution in [0, 0.1) is 24.2 Å². The van der Waals surface area contributed by atoms with Gasteiger partial charge in [0.05, 0.1) is 23.1 Å². The molecule has 2 aromatic rings. The summed E-state index contributed by atoms with van der Waals surface area (Å²) in [6, 6.07) is 6.38. The van der Waals surface area contributed by atoms with Crippen molar-refractivity contribution in [3.63, 3.8) is 0 Å². The number of carbonyl (C=O) groups is 1. The highest BCUT2D eigenvalue weighted by molar-refractivity contribution is 5.78. The molecule has 0 bridgehead atoms. The van der Waals surface area contributed by atoms with Crippen molar-refractivity contribution in [3.8, 4) is 0 Å². The molecule has 1 aromatic heterocycles. The van der Waals surface area contributed by atoms with Crippen LogP contribution in [-0.4, -0.2) is 44.5 Å². The fraction of sp³-hybridized carbons (Fsp3) is 0.621. The Bertz CT molecular complexity index is 1110. The normalized spacial score (nSPS) is 19.1. The lowest BCUT2D eigenvalue weighted by Crippen LogP contribution is -2.43. The summed E-state index contributed by atoms with van der Waals surface area (Å²) in [5, 5.41) is 14.3. The van der Waals surface area contributed by atoms with Gasteiger partial charge < -0.3 is 19.4 Å². The minimum atomic E-state index is -0.870. The van der Waals surface area contributed by atoms with Gasteiger partial charge in [0.2, 0.25) is 0 Å². The molecule has 3 rings (SSSR count). The van der Waals surface area contributed by atoms with Crippen LogP contribution in [0.15, 0.2) is 41.0 Å². The van der Waals surface area contributed by atoms with E-state index in [9.17, 15) is 9.90 Å². The van der Waals surface area contributed by atoms with Gasteiger partial charge in [-0.3, -0.25) is 0 Å². The van der Waals surface area contributed by atoms with Gasteiger partial charge in [-0.15, -0.1) is 0 Å². The molecule has 2 atom stereocenters. The zero-order chi connectivity index (χ0) is 26.5. The lowest BCUT2D eigenvalue weighted by molar-refractivity contribution is 0.0819. The molecule has 0 spiro atoms. The molecule has 1 heterocycles. The van der Waals surface area contributed by atoms with E-state index in [1.165, 1.54) is 17.5 Å². The summed E-state index contributed by atoms with van der Waals surface area (Å²) in [5.74, 6) is 1.64. The van der Waals surface area contributed by atoms with Crippen LogP contribution in [0.5, 0.6) is 0 Å². The van der Waals surface area contributed by atoms with Crippen LogP contribution in [0.4, 0.5) is 4.79 Å². The van der Waals surface area contributed by atoms with Gasteiger partial charge in [0.15, 0.2) is 0 Å². The Hall–Kier alpha value is -2.83. The summed E-state index contributed by atoms with van der Waals surface area (Å²) < 4.78 is 2.27. The third-order valence-corrected chi connectivity index (χ3v) is 7.31. The van der Waals surface area contributed by atoms with E-state index in [1.54, 1.807) is 4.90 Å². The maximum Gasteiger partial charge on any atom is 0.407 e. The Kier molecular flexibility index (Phi) is 9.20. The second-order valence-corrected chi connectivity index (χ2v) is 11.4. The molecule has 7 heteroatoms. The first-order valence-electron chi connectivity index (χ1n) is 13.3. The number of benzene rings is 1. The molecular weight excluding hydrogens is 452 g/mol. The number of allylic oxidation sites excluding steroid dienone is 1. The zero-order valence-corrected chi connectivity index (χ0v) is 23.2. The molecule has 1 aliphatic carbocycles.